The molecule has 132 valence electrons. The van der Waals surface area contributed by atoms with Crippen molar-refractivity contribution < 1.29 is 19.4 Å². The number of hydrogen-bond donors (Lipinski definition) is 3. The molecule has 1 aliphatic rings. The highest BCUT2D eigenvalue weighted by Crippen LogP contribution is 2.18. The number of rotatable bonds is 8. The Hall–Kier alpha value is -2.08. The highest BCUT2D eigenvalue weighted by Gasteiger charge is 2.22. The fourth-order valence-electron chi connectivity index (χ4n) is 2.90. The van der Waals surface area contributed by atoms with Gasteiger partial charge in [0.05, 0.1) is 12.2 Å². The van der Waals surface area contributed by atoms with E-state index in [1.807, 2.05) is 37.3 Å². The van der Waals surface area contributed by atoms with Crippen molar-refractivity contribution in [2.24, 2.45) is 0 Å². The molecule has 0 radical (unpaired) electrons. The molecule has 0 spiro atoms. The number of carbonyl (C=O) groups is 2. The molecule has 3 N–H and O–H groups in total. The van der Waals surface area contributed by atoms with Crippen LogP contribution >= 0.6 is 0 Å². The zero-order valence-electron chi connectivity index (χ0n) is 14.0. The van der Waals surface area contributed by atoms with Gasteiger partial charge in [0.25, 0.3) is 0 Å². The van der Waals surface area contributed by atoms with E-state index < -0.39 is 5.97 Å². The van der Waals surface area contributed by atoms with E-state index in [0.29, 0.717) is 19.4 Å². The van der Waals surface area contributed by atoms with Gasteiger partial charge in [0.2, 0.25) is 0 Å². The van der Waals surface area contributed by atoms with Crippen LogP contribution in [0, 0.1) is 0 Å². The maximum Gasteiger partial charge on any atom is 0.315 e. The summed E-state index contributed by atoms with van der Waals surface area (Å²) in [5.74, 6) is -0.858. The first kappa shape index (κ1) is 18.3. The Morgan fingerprint density at radius 3 is 2.67 bits per heavy atom. The van der Waals surface area contributed by atoms with Crippen molar-refractivity contribution in [2.75, 3.05) is 6.54 Å². The quantitative estimate of drug-likeness (QED) is 0.681. The molecule has 0 aliphatic carbocycles. The SMILES string of the molecule is CC1CCC(CNC(=O)NC(CCC(=O)O)Cc2ccccc2)O1. The molecule has 0 aromatic heterocycles. The normalized spacial score (nSPS) is 21.2. The molecular formula is C18H26N2O4. The number of urea groups is 1. The fraction of sp³-hybridized carbons (Fsp3) is 0.556. The maximum atomic E-state index is 12.1. The summed E-state index contributed by atoms with van der Waals surface area (Å²) in [6.07, 6.45) is 3.32. The van der Waals surface area contributed by atoms with Crippen LogP contribution in [-0.2, 0) is 16.0 Å². The van der Waals surface area contributed by atoms with E-state index in [1.54, 1.807) is 0 Å². The first-order valence-corrected chi connectivity index (χ1v) is 8.48. The summed E-state index contributed by atoms with van der Waals surface area (Å²) in [5.41, 5.74) is 1.07. The van der Waals surface area contributed by atoms with E-state index in [4.69, 9.17) is 9.84 Å². The van der Waals surface area contributed by atoms with Crippen LogP contribution in [0.2, 0.25) is 0 Å². The number of carboxylic acid groups (broad SMARTS) is 1. The van der Waals surface area contributed by atoms with Crippen LogP contribution in [0.3, 0.4) is 0 Å². The topological polar surface area (TPSA) is 87.7 Å². The zero-order valence-corrected chi connectivity index (χ0v) is 14.0. The second kappa shape index (κ2) is 9.27. The van der Waals surface area contributed by atoms with Gasteiger partial charge in [0.1, 0.15) is 0 Å². The largest absolute Gasteiger partial charge is 0.481 e. The smallest absolute Gasteiger partial charge is 0.315 e. The Morgan fingerprint density at radius 1 is 1.29 bits per heavy atom. The summed E-state index contributed by atoms with van der Waals surface area (Å²) in [7, 11) is 0. The number of carboxylic acids is 1. The Kier molecular flexibility index (Phi) is 7.06. The summed E-state index contributed by atoms with van der Waals surface area (Å²) in [6.45, 7) is 2.51. The molecule has 1 aromatic carbocycles. The summed E-state index contributed by atoms with van der Waals surface area (Å²) < 4.78 is 5.67. The molecule has 6 nitrogen and oxygen atoms in total. The van der Waals surface area contributed by atoms with Gasteiger partial charge in [-0.25, -0.2) is 4.79 Å². The van der Waals surface area contributed by atoms with Gasteiger partial charge < -0.3 is 20.5 Å². The van der Waals surface area contributed by atoms with Crippen molar-refractivity contribution in [1.82, 2.24) is 10.6 Å². The first-order valence-electron chi connectivity index (χ1n) is 8.48. The lowest BCUT2D eigenvalue weighted by molar-refractivity contribution is -0.137. The number of nitrogens with one attached hydrogen (secondary N) is 2. The third-order valence-corrected chi connectivity index (χ3v) is 4.18. The van der Waals surface area contributed by atoms with Crippen LogP contribution in [0.15, 0.2) is 30.3 Å². The third kappa shape index (κ3) is 6.58. The van der Waals surface area contributed by atoms with Crippen molar-refractivity contribution in [3.63, 3.8) is 0 Å². The monoisotopic (exact) mass is 334 g/mol. The molecule has 2 rings (SSSR count). The maximum absolute atomic E-state index is 12.1. The second-order valence-electron chi connectivity index (χ2n) is 6.32. The minimum Gasteiger partial charge on any atom is -0.481 e. The molecule has 0 saturated carbocycles. The fourth-order valence-corrected chi connectivity index (χ4v) is 2.90. The van der Waals surface area contributed by atoms with Crippen LogP contribution in [0.4, 0.5) is 4.79 Å². The molecule has 1 aliphatic heterocycles. The standard InChI is InChI=1S/C18H26N2O4/c1-13-7-9-16(24-13)12-19-18(23)20-15(8-10-17(21)22)11-14-5-3-2-4-6-14/h2-6,13,15-16H,7-12H2,1H3,(H,21,22)(H2,19,20,23). The number of aliphatic carboxylic acids is 1. The number of ether oxygens (including phenoxy) is 1. The van der Waals surface area contributed by atoms with Crippen LogP contribution in [0.1, 0.15) is 38.2 Å². The summed E-state index contributed by atoms with van der Waals surface area (Å²) in [4.78, 5) is 22.9. The Labute approximate surface area is 142 Å². The van der Waals surface area contributed by atoms with E-state index >= 15 is 0 Å². The van der Waals surface area contributed by atoms with E-state index in [-0.39, 0.29) is 30.7 Å². The van der Waals surface area contributed by atoms with Crippen LogP contribution in [-0.4, -0.2) is 41.9 Å². The first-order chi connectivity index (χ1) is 11.5. The van der Waals surface area contributed by atoms with Crippen LogP contribution in [0.25, 0.3) is 0 Å². The molecule has 1 saturated heterocycles. The van der Waals surface area contributed by atoms with Crippen LogP contribution in [0.5, 0.6) is 0 Å². The molecular weight excluding hydrogens is 308 g/mol. The Balaban J connectivity index is 1.81. The van der Waals surface area contributed by atoms with Crippen molar-refractivity contribution >= 4 is 12.0 Å². The second-order valence-corrected chi connectivity index (χ2v) is 6.32. The summed E-state index contributed by atoms with van der Waals surface area (Å²) in [5, 5.41) is 14.6. The van der Waals surface area contributed by atoms with Gasteiger partial charge in [0.15, 0.2) is 0 Å². The highest BCUT2D eigenvalue weighted by atomic mass is 16.5. The van der Waals surface area contributed by atoms with Crippen molar-refractivity contribution in [3.8, 4) is 0 Å². The minimum atomic E-state index is -0.858. The lowest BCUT2D eigenvalue weighted by Gasteiger charge is -2.20. The molecule has 1 aromatic rings. The van der Waals surface area contributed by atoms with Crippen molar-refractivity contribution in [1.29, 1.82) is 0 Å². The number of benzene rings is 1. The molecule has 1 fully saturated rings. The Bertz CT molecular complexity index is 535. The van der Waals surface area contributed by atoms with Crippen molar-refractivity contribution in [3.05, 3.63) is 35.9 Å². The van der Waals surface area contributed by atoms with Gasteiger partial charge in [-0.15, -0.1) is 0 Å². The molecule has 1 heterocycles. The summed E-state index contributed by atoms with van der Waals surface area (Å²) in [6, 6.07) is 9.25. The lowest BCUT2D eigenvalue weighted by atomic mass is 10.0. The molecule has 2 amide bonds. The van der Waals surface area contributed by atoms with E-state index in [2.05, 4.69) is 10.6 Å². The van der Waals surface area contributed by atoms with E-state index in [1.165, 1.54) is 0 Å². The summed E-state index contributed by atoms with van der Waals surface area (Å²) >= 11 is 0. The third-order valence-electron chi connectivity index (χ3n) is 4.18. The number of carbonyl (C=O) groups excluding carboxylic acids is 1. The minimum absolute atomic E-state index is 0.0288. The van der Waals surface area contributed by atoms with Crippen molar-refractivity contribution in [2.45, 2.75) is 57.3 Å². The van der Waals surface area contributed by atoms with Gasteiger partial charge in [0, 0.05) is 19.0 Å². The Morgan fingerprint density at radius 2 is 2.04 bits per heavy atom. The predicted molar refractivity (Wildman–Crippen MR) is 90.9 cm³/mol. The highest BCUT2D eigenvalue weighted by molar-refractivity contribution is 5.74. The molecule has 3 atom stereocenters. The zero-order chi connectivity index (χ0) is 17.4. The van der Waals surface area contributed by atoms with Gasteiger partial charge in [-0.1, -0.05) is 30.3 Å². The van der Waals surface area contributed by atoms with E-state index in [9.17, 15) is 9.59 Å². The van der Waals surface area contributed by atoms with E-state index in [0.717, 1.165) is 18.4 Å². The number of amides is 2. The molecule has 6 heteroatoms. The average Bonchev–Trinajstić information content (AvgIpc) is 2.97. The number of hydrogen-bond acceptors (Lipinski definition) is 3. The van der Waals surface area contributed by atoms with Gasteiger partial charge in [-0.3, -0.25) is 4.79 Å². The lowest BCUT2D eigenvalue weighted by Crippen LogP contribution is -2.45. The molecule has 24 heavy (non-hydrogen) atoms. The van der Waals surface area contributed by atoms with Crippen LogP contribution < -0.4 is 10.6 Å². The van der Waals surface area contributed by atoms with Gasteiger partial charge in [-0.2, -0.15) is 0 Å². The molecule has 0 bridgehead atoms. The molecule has 3 unspecified atom stereocenters. The van der Waals surface area contributed by atoms with Gasteiger partial charge >= 0.3 is 12.0 Å². The van der Waals surface area contributed by atoms with Gasteiger partial charge in [-0.05, 0) is 38.2 Å². The average molecular weight is 334 g/mol. The predicted octanol–water partition coefficient (Wildman–Crippen LogP) is 2.33.